The monoisotopic (exact) mass is 320 g/mol. The van der Waals surface area contributed by atoms with Crippen molar-refractivity contribution in [2.45, 2.75) is 26.4 Å². The predicted octanol–water partition coefficient (Wildman–Crippen LogP) is 0.568. The zero-order valence-corrected chi connectivity index (χ0v) is 13.2. The van der Waals surface area contributed by atoms with Crippen LogP contribution in [0.3, 0.4) is 0 Å². The Morgan fingerprint density at radius 3 is 2.91 bits per heavy atom. The molecule has 23 heavy (non-hydrogen) atoms. The molecule has 1 heterocycles. The van der Waals surface area contributed by atoms with E-state index >= 15 is 0 Å². The number of hydrogen-bond acceptors (Lipinski definition) is 7. The molecular formula is C14H20N6O3. The Morgan fingerprint density at radius 1 is 1.39 bits per heavy atom. The second-order valence-corrected chi connectivity index (χ2v) is 4.80. The van der Waals surface area contributed by atoms with Gasteiger partial charge in [0.2, 0.25) is 0 Å². The molecule has 0 unspecified atom stereocenters. The number of methoxy groups -OCH3 is 1. The van der Waals surface area contributed by atoms with Crippen molar-refractivity contribution in [3.8, 4) is 11.5 Å². The molecular weight excluding hydrogens is 300 g/mol. The van der Waals surface area contributed by atoms with E-state index in [1.165, 1.54) is 7.11 Å². The maximum atomic E-state index is 10.8. The Hall–Kier alpha value is -2.84. The number of carbonyl (C=O) groups is 1. The molecule has 0 aliphatic carbocycles. The van der Waals surface area contributed by atoms with Gasteiger partial charge in [0.05, 0.1) is 13.7 Å². The van der Waals surface area contributed by atoms with Crippen molar-refractivity contribution in [1.29, 1.82) is 0 Å². The Kier molecular flexibility index (Phi) is 5.73. The summed E-state index contributed by atoms with van der Waals surface area (Å²) < 4.78 is 10.5. The van der Waals surface area contributed by atoms with Gasteiger partial charge in [-0.25, -0.2) is 0 Å². The third-order valence-corrected chi connectivity index (χ3v) is 2.93. The van der Waals surface area contributed by atoms with E-state index in [1.807, 2.05) is 13.0 Å². The second kappa shape index (κ2) is 7.97. The van der Waals surface area contributed by atoms with Gasteiger partial charge in [-0.3, -0.25) is 4.79 Å². The van der Waals surface area contributed by atoms with Crippen molar-refractivity contribution in [2.75, 3.05) is 19.0 Å². The second-order valence-electron chi connectivity index (χ2n) is 4.80. The normalized spacial score (nSPS) is 10.3. The molecule has 0 atom stereocenters. The Bertz CT molecular complexity index is 658. The largest absolute Gasteiger partial charge is 0.493 e. The van der Waals surface area contributed by atoms with Crippen LogP contribution in [0.15, 0.2) is 18.2 Å². The van der Waals surface area contributed by atoms with E-state index in [2.05, 4.69) is 20.7 Å². The average molecular weight is 320 g/mol. The molecule has 0 radical (unpaired) electrons. The van der Waals surface area contributed by atoms with E-state index < -0.39 is 5.91 Å². The lowest BCUT2D eigenvalue weighted by atomic mass is 10.2. The van der Waals surface area contributed by atoms with Crippen LogP contribution in [-0.2, 0) is 17.9 Å². The summed E-state index contributed by atoms with van der Waals surface area (Å²) in [5.74, 6) is 0.903. The Balaban J connectivity index is 1.98. The van der Waals surface area contributed by atoms with Crippen molar-refractivity contribution < 1.29 is 14.3 Å². The average Bonchev–Trinajstić information content (AvgIpc) is 2.99. The number of anilines is 1. The number of benzene rings is 1. The molecule has 0 saturated heterocycles. The molecule has 1 amide bonds. The van der Waals surface area contributed by atoms with Gasteiger partial charge in [-0.15, -0.1) is 5.10 Å². The summed E-state index contributed by atoms with van der Waals surface area (Å²) in [5, 5.41) is 15.1. The van der Waals surface area contributed by atoms with Crippen molar-refractivity contribution in [3.63, 3.8) is 0 Å². The topological polar surface area (TPSA) is 117 Å². The maximum Gasteiger partial charge on any atom is 0.263 e. The summed E-state index contributed by atoms with van der Waals surface area (Å²) in [6.07, 6.45) is 0.944. The molecule has 0 bridgehead atoms. The fourth-order valence-electron chi connectivity index (χ4n) is 1.88. The third-order valence-electron chi connectivity index (χ3n) is 2.93. The maximum absolute atomic E-state index is 10.8. The van der Waals surface area contributed by atoms with Crippen molar-refractivity contribution in [1.82, 2.24) is 20.2 Å². The van der Waals surface area contributed by atoms with Gasteiger partial charge in [-0.1, -0.05) is 18.1 Å². The number of hydrogen-bond donors (Lipinski definition) is 2. The van der Waals surface area contributed by atoms with E-state index in [0.717, 1.165) is 18.5 Å². The van der Waals surface area contributed by atoms with Gasteiger partial charge in [0.25, 0.3) is 11.9 Å². The summed E-state index contributed by atoms with van der Waals surface area (Å²) in [7, 11) is 1.53. The highest BCUT2D eigenvalue weighted by Gasteiger charge is 2.08. The van der Waals surface area contributed by atoms with Crippen LogP contribution in [0, 0.1) is 0 Å². The highest BCUT2D eigenvalue weighted by atomic mass is 16.5. The minimum absolute atomic E-state index is 0.196. The summed E-state index contributed by atoms with van der Waals surface area (Å²) >= 11 is 0. The highest BCUT2D eigenvalue weighted by Crippen LogP contribution is 2.28. The number of ether oxygens (including phenoxy) is 2. The minimum Gasteiger partial charge on any atom is -0.493 e. The number of amides is 1. The third kappa shape index (κ3) is 4.83. The highest BCUT2D eigenvalue weighted by molar-refractivity contribution is 5.75. The number of nitrogens with two attached hydrogens (primary N) is 1. The Morgan fingerprint density at radius 2 is 2.22 bits per heavy atom. The van der Waals surface area contributed by atoms with Gasteiger partial charge >= 0.3 is 0 Å². The zero-order valence-electron chi connectivity index (χ0n) is 13.2. The molecule has 2 aromatic rings. The first-order valence-electron chi connectivity index (χ1n) is 7.22. The molecule has 0 aliphatic heterocycles. The van der Waals surface area contributed by atoms with Gasteiger partial charge < -0.3 is 20.5 Å². The van der Waals surface area contributed by atoms with Crippen molar-refractivity contribution >= 4 is 11.9 Å². The lowest BCUT2D eigenvalue weighted by Gasteiger charge is -2.11. The van der Waals surface area contributed by atoms with Crippen LogP contribution >= 0.6 is 0 Å². The van der Waals surface area contributed by atoms with E-state index in [0.29, 0.717) is 24.0 Å². The van der Waals surface area contributed by atoms with Crippen LogP contribution < -0.4 is 20.5 Å². The molecule has 1 aromatic heterocycles. The van der Waals surface area contributed by atoms with Gasteiger partial charge in [-0.2, -0.15) is 4.80 Å². The quantitative estimate of drug-likeness (QED) is 0.693. The molecule has 9 heteroatoms. The van der Waals surface area contributed by atoms with E-state index in [9.17, 15) is 4.79 Å². The van der Waals surface area contributed by atoms with Crippen molar-refractivity contribution in [2.24, 2.45) is 5.73 Å². The first-order valence-corrected chi connectivity index (χ1v) is 7.22. The molecule has 0 aliphatic rings. The summed E-state index contributed by atoms with van der Waals surface area (Å²) in [6.45, 7) is 3.09. The van der Waals surface area contributed by atoms with Crippen LogP contribution in [0.25, 0.3) is 0 Å². The zero-order chi connectivity index (χ0) is 16.7. The van der Waals surface area contributed by atoms with Gasteiger partial charge in [0, 0.05) is 6.54 Å². The van der Waals surface area contributed by atoms with E-state index in [1.54, 1.807) is 16.9 Å². The van der Waals surface area contributed by atoms with Crippen molar-refractivity contribution in [3.05, 3.63) is 23.8 Å². The number of tetrazole rings is 1. The first kappa shape index (κ1) is 16.5. The summed E-state index contributed by atoms with van der Waals surface area (Å²) in [5.41, 5.74) is 6.01. The Labute approximate surface area is 133 Å². The molecule has 2 rings (SSSR count). The first-order chi connectivity index (χ1) is 11.1. The minimum atomic E-state index is -0.543. The lowest BCUT2D eigenvalue weighted by molar-refractivity contribution is -0.119. The number of primary amides is 1. The number of nitrogens with one attached hydrogen (secondary N) is 1. The number of aryl methyl sites for hydroxylation is 1. The number of aromatic nitrogens is 4. The summed E-state index contributed by atoms with van der Waals surface area (Å²) in [4.78, 5) is 12.3. The van der Waals surface area contributed by atoms with Gasteiger partial charge in [0.15, 0.2) is 18.1 Å². The SMILES string of the molecule is CCCn1nnc(NCc2ccc(OCC(N)=O)c(OC)c2)n1. The van der Waals surface area contributed by atoms with Crippen LogP contribution in [-0.4, -0.2) is 39.8 Å². The van der Waals surface area contributed by atoms with Crippen LogP contribution in [0.5, 0.6) is 11.5 Å². The van der Waals surface area contributed by atoms with E-state index in [-0.39, 0.29) is 6.61 Å². The van der Waals surface area contributed by atoms with Crippen LogP contribution in [0.1, 0.15) is 18.9 Å². The number of carbonyl (C=O) groups excluding carboxylic acids is 1. The molecule has 9 nitrogen and oxygen atoms in total. The molecule has 0 saturated carbocycles. The van der Waals surface area contributed by atoms with Crippen LogP contribution in [0.4, 0.5) is 5.95 Å². The van der Waals surface area contributed by atoms with Gasteiger partial charge in [0.1, 0.15) is 0 Å². The smallest absolute Gasteiger partial charge is 0.263 e. The fourth-order valence-corrected chi connectivity index (χ4v) is 1.88. The molecule has 0 fully saturated rings. The molecule has 0 spiro atoms. The molecule has 3 N–H and O–H groups in total. The number of rotatable bonds is 9. The standard InChI is InChI=1S/C14H20N6O3/c1-3-6-20-18-14(17-19-20)16-8-10-4-5-11(12(7-10)22-2)23-9-13(15)21/h4-5,7H,3,6,8-9H2,1-2H3,(H2,15,21)(H,16,18). The molecule has 124 valence electrons. The lowest BCUT2D eigenvalue weighted by Crippen LogP contribution is -2.20. The van der Waals surface area contributed by atoms with E-state index in [4.69, 9.17) is 15.2 Å². The summed E-state index contributed by atoms with van der Waals surface area (Å²) in [6, 6.07) is 5.38. The van der Waals surface area contributed by atoms with Gasteiger partial charge in [-0.05, 0) is 29.3 Å². The predicted molar refractivity (Wildman–Crippen MR) is 83.1 cm³/mol. The van der Waals surface area contributed by atoms with Crippen LogP contribution in [0.2, 0.25) is 0 Å². The fraction of sp³-hybridized carbons (Fsp3) is 0.429. The number of nitrogens with zero attached hydrogens (tertiary/aromatic N) is 4. The molecule has 1 aromatic carbocycles.